The van der Waals surface area contributed by atoms with Gasteiger partial charge in [0.2, 0.25) is 5.91 Å². The van der Waals surface area contributed by atoms with E-state index in [1.54, 1.807) is 27.3 Å². The van der Waals surface area contributed by atoms with Gasteiger partial charge in [-0.1, -0.05) is 12.1 Å². The van der Waals surface area contributed by atoms with Gasteiger partial charge < -0.3 is 24.6 Å². The molecule has 0 aliphatic carbocycles. The summed E-state index contributed by atoms with van der Waals surface area (Å²) < 4.78 is 11.3. The highest BCUT2D eigenvalue weighted by atomic mass is 32.1. The number of morpholine rings is 1. The predicted octanol–water partition coefficient (Wildman–Crippen LogP) is 1.91. The molecule has 0 saturated carbocycles. The number of amides is 3. The largest absolute Gasteiger partial charge is 0.476 e. The summed E-state index contributed by atoms with van der Waals surface area (Å²) in [5, 5.41) is 6.47. The number of para-hydroxylation sites is 2. The molecule has 1 aromatic carbocycles. The zero-order valence-electron chi connectivity index (χ0n) is 17.1. The normalized spacial score (nSPS) is 18.1. The number of nitrogens with zero attached hydrogens (tertiary/aromatic N) is 2. The van der Waals surface area contributed by atoms with Gasteiger partial charge >= 0.3 is 0 Å². The zero-order valence-corrected chi connectivity index (χ0v) is 17.9. The van der Waals surface area contributed by atoms with Crippen LogP contribution in [-0.2, 0) is 14.3 Å². The molecule has 0 radical (unpaired) electrons. The number of hydrogen-bond acceptors (Lipinski definition) is 6. The Morgan fingerprint density at radius 2 is 1.94 bits per heavy atom. The number of rotatable bonds is 6. The molecule has 4 rings (SSSR count). The lowest BCUT2D eigenvalue weighted by atomic mass is 10.1. The number of carbonyl (C=O) groups is 3. The molecule has 9 heteroatoms. The van der Waals surface area contributed by atoms with Gasteiger partial charge in [-0.05, 0) is 30.0 Å². The van der Waals surface area contributed by atoms with Crippen molar-refractivity contribution in [1.29, 1.82) is 0 Å². The van der Waals surface area contributed by atoms with Crippen LogP contribution in [-0.4, -0.2) is 68.1 Å². The lowest BCUT2D eigenvalue weighted by Crippen LogP contribution is -2.54. The average Bonchev–Trinajstić information content (AvgIpc) is 3.36. The molecule has 1 aromatic heterocycles. The zero-order chi connectivity index (χ0) is 21.6. The van der Waals surface area contributed by atoms with Gasteiger partial charge in [0.15, 0.2) is 6.10 Å². The van der Waals surface area contributed by atoms with Gasteiger partial charge in [-0.15, -0.1) is 0 Å². The summed E-state index contributed by atoms with van der Waals surface area (Å²) in [6.45, 7) is 2.65. The molecule has 1 fully saturated rings. The molecule has 164 valence electrons. The molecule has 2 aliphatic heterocycles. The standard InChI is InChI=1S/C22H25N3O5S/c26-20(6-3-8-23-21(27)16-7-13-31-15-16)25-14-19(22(28)24-9-11-29-12-10-24)30-18-5-2-1-4-17(18)25/h1-2,4-5,7,13,15,19H,3,6,8-12,14H2,(H,23,27). The van der Waals surface area contributed by atoms with Gasteiger partial charge in [-0.3, -0.25) is 14.4 Å². The maximum Gasteiger partial charge on any atom is 0.265 e. The highest BCUT2D eigenvalue weighted by Crippen LogP contribution is 2.34. The molecule has 2 aliphatic rings. The summed E-state index contributed by atoms with van der Waals surface area (Å²) in [7, 11) is 0. The van der Waals surface area contributed by atoms with Crippen LogP contribution in [0.1, 0.15) is 23.2 Å². The number of thiophene rings is 1. The molecule has 0 bridgehead atoms. The van der Waals surface area contributed by atoms with Crippen molar-refractivity contribution >= 4 is 34.7 Å². The summed E-state index contributed by atoms with van der Waals surface area (Å²) in [6, 6.07) is 9.02. The number of hydrogen-bond donors (Lipinski definition) is 1. The van der Waals surface area contributed by atoms with Gasteiger partial charge in [-0.2, -0.15) is 11.3 Å². The molecule has 8 nitrogen and oxygen atoms in total. The van der Waals surface area contributed by atoms with E-state index >= 15 is 0 Å². The monoisotopic (exact) mass is 443 g/mol. The van der Waals surface area contributed by atoms with Crippen molar-refractivity contribution in [2.75, 3.05) is 44.3 Å². The molecule has 3 amide bonds. The van der Waals surface area contributed by atoms with E-state index in [0.717, 1.165) is 0 Å². The van der Waals surface area contributed by atoms with Crippen LogP contribution in [0.5, 0.6) is 5.75 Å². The number of benzene rings is 1. The maximum atomic E-state index is 13.0. The fourth-order valence-electron chi connectivity index (χ4n) is 3.66. The van der Waals surface area contributed by atoms with Crippen LogP contribution < -0.4 is 15.0 Å². The molecular weight excluding hydrogens is 418 g/mol. The first kappa shape index (κ1) is 21.3. The first-order valence-electron chi connectivity index (χ1n) is 10.4. The molecule has 0 spiro atoms. The number of anilines is 1. The number of carbonyl (C=O) groups excluding carboxylic acids is 3. The van der Waals surface area contributed by atoms with E-state index in [9.17, 15) is 14.4 Å². The Labute approximate surface area is 184 Å². The molecular formula is C22H25N3O5S. The van der Waals surface area contributed by atoms with Crippen molar-refractivity contribution in [2.24, 2.45) is 0 Å². The van der Waals surface area contributed by atoms with E-state index in [1.807, 2.05) is 23.6 Å². The third-order valence-corrected chi connectivity index (χ3v) is 5.99. The molecule has 2 aromatic rings. The van der Waals surface area contributed by atoms with Gasteiger partial charge in [0.1, 0.15) is 5.75 Å². The smallest absolute Gasteiger partial charge is 0.265 e. The van der Waals surface area contributed by atoms with Crippen LogP contribution in [0.15, 0.2) is 41.1 Å². The van der Waals surface area contributed by atoms with E-state index in [1.165, 1.54) is 11.3 Å². The highest BCUT2D eigenvalue weighted by Gasteiger charge is 2.36. The second-order valence-corrected chi connectivity index (χ2v) is 8.17. The van der Waals surface area contributed by atoms with Crippen molar-refractivity contribution < 1.29 is 23.9 Å². The quantitative estimate of drug-likeness (QED) is 0.689. The summed E-state index contributed by atoms with van der Waals surface area (Å²) in [6.07, 6.45) is 0.0303. The predicted molar refractivity (Wildman–Crippen MR) is 116 cm³/mol. The van der Waals surface area contributed by atoms with Gasteiger partial charge in [0.25, 0.3) is 11.8 Å². The second kappa shape index (κ2) is 9.93. The third-order valence-electron chi connectivity index (χ3n) is 5.31. The molecule has 1 N–H and O–H groups in total. The van der Waals surface area contributed by atoms with Gasteiger partial charge in [-0.25, -0.2) is 0 Å². The lowest BCUT2D eigenvalue weighted by Gasteiger charge is -2.37. The van der Waals surface area contributed by atoms with Crippen LogP contribution in [0.4, 0.5) is 5.69 Å². The first-order valence-corrected chi connectivity index (χ1v) is 11.3. The Kier molecular flexibility index (Phi) is 6.83. The van der Waals surface area contributed by atoms with E-state index in [-0.39, 0.29) is 30.7 Å². The summed E-state index contributed by atoms with van der Waals surface area (Å²) in [4.78, 5) is 41.3. The Bertz CT molecular complexity index is 927. The summed E-state index contributed by atoms with van der Waals surface area (Å²) in [5.41, 5.74) is 1.30. The Morgan fingerprint density at radius 3 is 2.71 bits per heavy atom. The summed E-state index contributed by atoms with van der Waals surface area (Å²) >= 11 is 1.47. The van der Waals surface area contributed by atoms with Gasteiger partial charge in [0.05, 0.1) is 25.4 Å². The van der Waals surface area contributed by atoms with E-state index in [2.05, 4.69) is 5.32 Å². The summed E-state index contributed by atoms with van der Waals surface area (Å²) in [5.74, 6) is 0.167. The van der Waals surface area contributed by atoms with Crippen LogP contribution in [0.3, 0.4) is 0 Å². The minimum absolute atomic E-state index is 0.0969. The number of fused-ring (bicyclic) bond motifs is 1. The van der Waals surface area contributed by atoms with E-state index in [4.69, 9.17) is 9.47 Å². The SMILES string of the molecule is O=C(NCCCC(=O)N1CC(C(=O)N2CCOCC2)Oc2ccccc21)c1ccsc1. The second-order valence-electron chi connectivity index (χ2n) is 7.39. The fourth-order valence-corrected chi connectivity index (χ4v) is 4.29. The third kappa shape index (κ3) is 5.05. The average molecular weight is 444 g/mol. The molecule has 1 saturated heterocycles. The topological polar surface area (TPSA) is 88.2 Å². The Hall–Kier alpha value is -2.91. The lowest BCUT2D eigenvalue weighted by molar-refractivity contribution is -0.142. The molecule has 3 heterocycles. The van der Waals surface area contributed by atoms with Crippen molar-refractivity contribution in [3.05, 3.63) is 46.7 Å². The number of ether oxygens (including phenoxy) is 2. The minimum Gasteiger partial charge on any atom is -0.476 e. The Balaban J connectivity index is 1.36. The number of nitrogens with one attached hydrogen (secondary N) is 1. The fraction of sp³-hybridized carbons (Fsp3) is 0.409. The minimum atomic E-state index is -0.741. The van der Waals surface area contributed by atoms with Crippen molar-refractivity contribution in [3.8, 4) is 5.75 Å². The van der Waals surface area contributed by atoms with Crippen molar-refractivity contribution in [3.63, 3.8) is 0 Å². The van der Waals surface area contributed by atoms with Gasteiger partial charge in [0, 0.05) is 37.0 Å². The maximum absolute atomic E-state index is 13.0. The first-order chi connectivity index (χ1) is 15.1. The van der Waals surface area contributed by atoms with Crippen LogP contribution in [0.25, 0.3) is 0 Å². The molecule has 31 heavy (non-hydrogen) atoms. The van der Waals surface area contributed by atoms with E-state index < -0.39 is 6.10 Å². The highest BCUT2D eigenvalue weighted by molar-refractivity contribution is 7.08. The van der Waals surface area contributed by atoms with Crippen LogP contribution in [0.2, 0.25) is 0 Å². The molecule has 1 atom stereocenters. The molecule has 1 unspecified atom stereocenters. The van der Waals surface area contributed by atoms with E-state index in [0.29, 0.717) is 56.3 Å². The van der Waals surface area contributed by atoms with Crippen LogP contribution in [0, 0.1) is 0 Å². The van der Waals surface area contributed by atoms with Crippen molar-refractivity contribution in [1.82, 2.24) is 10.2 Å². The van der Waals surface area contributed by atoms with Crippen molar-refractivity contribution in [2.45, 2.75) is 18.9 Å². The Morgan fingerprint density at radius 1 is 1.13 bits per heavy atom. The van der Waals surface area contributed by atoms with Crippen LogP contribution >= 0.6 is 11.3 Å².